The number of hydrogen-bond acceptors (Lipinski definition) is 3. The fourth-order valence-corrected chi connectivity index (χ4v) is 2.90. The van der Waals surface area contributed by atoms with Crippen LogP contribution < -0.4 is 5.32 Å². The second-order valence-electron chi connectivity index (χ2n) is 7.41. The first-order chi connectivity index (χ1) is 11.5. The zero-order valence-corrected chi connectivity index (χ0v) is 15.0. The molecule has 0 bridgehead atoms. The highest BCUT2D eigenvalue weighted by molar-refractivity contribution is 5.74. The van der Waals surface area contributed by atoms with Crippen LogP contribution in [0, 0.1) is 5.41 Å². The fraction of sp³-hybridized carbons (Fsp3) is 0.632. The monoisotopic (exact) mass is 333 g/mol. The Morgan fingerprint density at radius 3 is 2.46 bits per heavy atom. The van der Waals surface area contributed by atoms with Crippen molar-refractivity contribution in [2.45, 2.75) is 33.2 Å². The molecule has 0 aromatic heterocycles. The second-order valence-corrected chi connectivity index (χ2v) is 7.41. The van der Waals surface area contributed by atoms with E-state index in [0.29, 0.717) is 6.54 Å². The number of aliphatic hydroxyl groups excluding tert-OH is 1. The number of nitrogens with zero attached hydrogens (tertiary/aromatic N) is 2. The Bertz CT molecular complexity index is 497. The van der Waals surface area contributed by atoms with E-state index in [9.17, 15) is 9.90 Å². The summed E-state index contributed by atoms with van der Waals surface area (Å²) in [5, 5.41) is 12.2. The highest BCUT2D eigenvalue weighted by atomic mass is 16.3. The molecular weight excluding hydrogens is 302 g/mol. The number of amides is 2. The maximum absolute atomic E-state index is 12.2. The molecule has 1 fully saturated rings. The molecule has 1 saturated heterocycles. The number of benzene rings is 1. The van der Waals surface area contributed by atoms with Gasteiger partial charge in [0.15, 0.2) is 0 Å². The lowest BCUT2D eigenvalue weighted by Crippen LogP contribution is -2.51. The third kappa shape index (κ3) is 6.13. The summed E-state index contributed by atoms with van der Waals surface area (Å²) in [5.74, 6) is 0. The van der Waals surface area contributed by atoms with Gasteiger partial charge in [-0.25, -0.2) is 4.79 Å². The third-order valence-corrected chi connectivity index (χ3v) is 4.64. The SMILES string of the molecule is CC(C)(CO)CCCNC(=O)N1CCN(Cc2ccccc2)CC1. The summed E-state index contributed by atoms with van der Waals surface area (Å²) in [6, 6.07) is 10.5. The predicted octanol–water partition coefficient (Wildman–Crippen LogP) is 2.31. The zero-order chi connectivity index (χ0) is 17.4. The van der Waals surface area contributed by atoms with Crippen LogP contribution in [-0.4, -0.2) is 60.3 Å². The number of piperazine rings is 1. The van der Waals surface area contributed by atoms with Crippen LogP contribution in [0.15, 0.2) is 30.3 Å². The van der Waals surface area contributed by atoms with Crippen molar-refractivity contribution in [3.8, 4) is 0 Å². The number of carbonyl (C=O) groups is 1. The Kier molecular flexibility index (Phi) is 7.06. The lowest BCUT2D eigenvalue weighted by molar-refractivity contribution is 0.133. The molecule has 1 aliphatic rings. The molecule has 1 heterocycles. The average Bonchev–Trinajstić information content (AvgIpc) is 2.60. The second kappa shape index (κ2) is 9.04. The zero-order valence-electron chi connectivity index (χ0n) is 15.0. The van der Waals surface area contributed by atoms with E-state index in [1.807, 2.05) is 24.8 Å². The van der Waals surface area contributed by atoms with Crippen molar-refractivity contribution in [1.82, 2.24) is 15.1 Å². The normalized spacial score (nSPS) is 16.2. The van der Waals surface area contributed by atoms with Crippen LogP contribution in [0.5, 0.6) is 0 Å². The molecule has 1 aromatic rings. The Hall–Kier alpha value is -1.59. The van der Waals surface area contributed by atoms with Crippen molar-refractivity contribution in [2.24, 2.45) is 5.41 Å². The van der Waals surface area contributed by atoms with E-state index in [0.717, 1.165) is 45.6 Å². The van der Waals surface area contributed by atoms with Gasteiger partial charge in [0.25, 0.3) is 0 Å². The van der Waals surface area contributed by atoms with Crippen LogP contribution in [0.1, 0.15) is 32.3 Å². The number of nitrogens with one attached hydrogen (secondary N) is 1. The molecule has 1 aromatic carbocycles. The number of rotatable bonds is 7. The van der Waals surface area contributed by atoms with Gasteiger partial charge < -0.3 is 15.3 Å². The summed E-state index contributed by atoms with van der Waals surface area (Å²) in [4.78, 5) is 16.5. The Labute approximate surface area is 145 Å². The van der Waals surface area contributed by atoms with E-state index < -0.39 is 0 Å². The molecule has 2 amide bonds. The minimum Gasteiger partial charge on any atom is -0.396 e. The number of carbonyl (C=O) groups excluding carboxylic acids is 1. The largest absolute Gasteiger partial charge is 0.396 e. The van der Waals surface area contributed by atoms with Crippen LogP contribution in [-0.2, 0) is 6.54 Å². The van der Waals surface area contributed by atoms with Crippen LogP contribution >= 0.6 is 0 Å². The van der Waals surface area contributed by atoms with Gasteiger partial charge in [0.1, 0.15) is 0 Å². The van der Waals surface area contributed by atoms with Gasteiger partial charge in [-0.3, -0.25) is 4.90 Å². The van der Waals surface area contributed by atoms with Crippen LogP contribution in [0.4, 0.5) is 4.79 Å². The van der Waals surface area contributed by atoms with E-state index >= 15 is 0 Å². The van der Waals surface area contributed by atoms with Gasteiger partial charge in [-0.05, 0) is 23.8 Å². The first-order valence-corrected chi connectivity index (χ1v) is 8.90. The standard InChI is InChI=1S/C19H31N3O2/c1-19(2,16-23)9-6-10-20-18(24)22-13-11-21(12-14-22)15-17-7-4-3-5-8-17/h3-5,7-8,23H,6,9-16H2,1-2H3,(H,20,24). The maximum Gasteiger partial charge on any atom is 0.317 e. The van der Waals surface area contributed by atoms with E-state index in [1.165, 1.54) is 5.56 Å². The smallest absolute Gasteiger partial charge is 0.317 e. The Balaban J connectivity index is 1.64. The Morgan fingerprint density at radius 2 is 1.83 bits per heavy atom. The number of aliphatic hydroxyl groups is 1. The van der Waals surface area contributed by atoms with Crippen LogP contribution in [0.25, 0.3) is 0 Å². The van der Waals surface area contributed by atoms with Crippen molar-refractivity contribution in [1.29, 1.82) is 0 Å². The molecule has 0 aliphatic carbocycles. The summed E-state index contributed by atoms with van der Waals surface area (Å²) in [6.07, 6.45) is 1.81. The van der Waals surface area contributed by atoms with E-state index in [4.69, 9.17) is 0 Å². The van der Waals surface area contributed by atoms with E-state index in [2.05, 4.69) is 34.5 Å². The van der Waals surface area contributed by atoms with Crippen molar-refractivity contribution in [3.63, 3.8) is 0 Å². The first-order valence-electron chi connectivity index (χ1n) is 8.90. The predicted molar refractivity (Wildman–Crippen MR) is 96.8 cm³/mol. The molecule has 5 heteroatoms. The van der Waals surface area contributed by atoms with Gasteiger partial charge in [0.05, 0.1) is 0 Å². The van der Waals surface area contributed by atoms with Crippen molar-refractivity contribution < 1.29 is 9.90 Å². The van der Waals surface area contributed by atoms with Crippen molar-refractivity contribution in [2.75, 3.05) is 39.3 Å². The summed E-state index contributed by atoms with van der Waals surface area (Å²) in [5.41, 5.74) is 1.26. The molecule has 2 rings (SSSR count). The molecule has 2 N–H and O–H groups in total. The average molecular weight is 333 g/mol. The molecule has 0 unspecified atom stereocenters. The molecule has 1 aliphatic heterocycles. The minimum atomic E-state index is -0.0617. The molecule has 0 saturated carbocycles. The number of hydrogen-bond donors (Lipinski definition) is 2. The lowest BCUT2D eigenvalue weighted by atomic mass is 9.89. The minimum absolute atomic E-state index is 0.0381. The van der Waals surface area contributed by atoms with Gasteiger partial charge >= 0.3 is 6.03 Å². The summed E-state index contributed by atoms with van der Waals surface area (Å²) < 4.78 is 0. The fourth-order valence-electron chi connectivity index (χ4n) is 2.90. The highest BCUT2D eigenvalue weighted by Gasteiger charge is 2.21. The molecule has 0 spiro atoms. The molecule has 0 radical (unpaired) electrons. The van der Waals surface area contributed by atoms with Gasteiger partial charge in [-0.1, -0.05) is 44.2 Å². The third-order valence-electron chi connectivity index (χ3n) is 4.64. The summed E-state index contributed by atoms with van der Waals surface area (Å²) in [7, 11) is 0. The van der Waals surface area contributed by atoms with Gasteiger partial charge in [-0.2, -0.15) is 0 Å². The molecule has 24 heavy (non-hydrogen) atoms. The summed E-state index contributed by atoms with van der Waals surface area (Å²) >= 11 is 0. The first kappa shape index (κ1) is 18.7. The Morgan fingerprint density at radius 1 is 1.17 bits per heavy atom. The summed E-state index contributed by atoms with van der Waals surface area (Å²) in [6.45, 7) is 9.28. The lowest BCUT2D eigenvalue weighted by Gasteiger charge is -2.34. The maximum atomic E-state index is 12.2. The quantitative estimate of drug-likeness (QED) is 0.753. The number of urea groups is 1. The molecule has 0 atom stereocenters. The van der Waals surface area contributed by atoms with Gasteiger partial charge in [0, 0.05) is 45.9 Å². The van der Waals surface area contributed by atoms with Crippen LogP contribution in [0.3, 0.4) is 0 Å². The van der Waals surface area contributed by atoms with Crippen molar-refractivity contribution in [3.05, 3.63) is 35.9 Å². The highest BCUT2D eigenvalue weighted by Crippen LogP contribution is 2.20. The van der Waals surface area contributed by atoms with Gasteiger partial charge in [0.2, 0.25) is 0 Å². The van der Waals surface area contributed by atoms with Crippen LogP contribution in [0.2, 0.25) is 0 Å². The van der Waals surface area contributed by atoms with Crippen molar-refractivity contribution >= 4 is 6.03 Å². The van der Waals surface area contributed by atoms with Gasteiger partial charge in [-0.15, -0.1) is 0 Å². The van der Waals surface area contributed by atoms with E-state index in [1.54, 1.807) is 0 Å². The molecule has 134 valence electrons. The van der Waals surface area contributed by atoms with E-state index in [-0.39, 0.29) is 18.1 Å². The molecular formula is C19H31N3O2. The topological polar surface area (TPSA) is 55.8 Å². The molecule has 5 nitrogen and oxygen atoms in total.